The van der Waals surface area contributed by atoms with Crippen LogP contribution < -0.4 is 14.4 Å². The molecule has 2 aliphatic heterocycles. The number of ether oxygens (including phenoxy) is 2. The van der Waals surface area contributed by atoms with E-state index in [-0.39, 0.29) is 5.91 Å². The van der Waals surface area contributed by atoms with E-state index in [0.29, 0.717) is 27.6 Å². The van der Waals surface area contributed by atoms with Crippen LogP contribution >= 0.6 is 11.3 Å². The zero-order valence-electron chi connectivity index (χ0n) is 23.3. The highest BCUT2D eigenvalue weighted by atomic mass is 32.1. The summed E-state index contributed by atoms with van der Waals surface area (Å²) in [5, 5.41) is 12.5. The summed E-state index contributed by atoms with van der Waals surface area (Å²) < 4.78 is 11.3. The Morgan fingerprint density at radius 1 is 0.953 bits per heavy atom. The van der Waals surface area contributed by atoms with Crippen LogP contribution in [0.15, 0.2) is 66.7 Å². The Morgan fingerprint density at radius 3 is 2.51 bits per heavy atom. The van der Waals surface area contributed by atoms with Crippen LogP contribution in [-0.4, -0.2) is 24.9 Å². The van der Waals surface area contributed by atoms with Crippen LogP contribution in [0, 0.1) is 29.1 Å². The summed E-state index contributed by atoms with van der Waals surface area (Å²) in [6.45, 7) is 0. The van der Waals surface area contributed by atoms with E-state index in [1.807, 2.05) is 60.7 Å². The summed E-state index contributed by atoms with van der Waals surface area (Å²) >= 11 is 1.37. The summed E-state index contributed by atoms with van der Waals surface area (Å²) in [5.74, 6) is -3.46. The second kappa shape index (κ2) is 9.65. The summed E-state index contributed by atoms with van der Waals surface area (Å²) in [6.07, 6.45) is 5.57. The van der Waals surface area contributed by atoms with Crippen molar-refractivity contribution in [3.05, 3.63) is 93.9 Å². The van der Waals surface area contributed by atoms with Crippen molar-refractivity contribution in [3.63, 3.8) is 0 Å². The van der Waals surface area contributed by atoms with Gasteiger partial charge in [0.15, 0.2) is 0 Å². The zero-order valence-corrected chi connectivity index (χ0v) is 24.1. The molecule has 1 aromatic heterocycles. The number of methoxy groups -OCH3 is 1. The lowest BCUT2D eigenvalue weighted by Gasteiger charge is -2.38. The number of imide groups is 1. The maximum absolute atomic E-state index is 14.5. The number of carbonyl (C=O) groups excluding carboxylic acids is 3. The average molecular weight is 587 g/mol. The number of carbonyl (C=O) groups is 3. The van der Waals surface area contributed by atoms with Gasteiger partial charge in [0, 0.05) is 16.4 Å². The lowest BCUT2D eigenvalue weighted by Crippen LogP contribution is -2.42. The Bertz CT molecular complexity index is 1950. The number of aryl methyl sites for hydroxylation is 1. The van der Waals surface area contributed by atoms with Crippen molar-refractivity contribution in [2.75, 3.05) is 12.0 Å². The molecule has 0 radical (unpaired) electrons. The lowest BCUT2D eigenvalue weighted by atomic mass is 9.64. The van der Waals surface area contributed by atoms with Gasteiger partial charge in [0.1, 0.15) is 22.6 Å². The maximum Gasteiger partial charge on any atom is 0.319 e. The highest BCUT2D eigenvalue weighted by Gasteiger charge is 2.61. The summed E-state index contributed by atoms with van der Waals surface area (Å²) in [6, 6.07) is 21.4. The fraction of sp³-hybridized carbons (Fsp3) is 0.257. The van der Waals surface area contributed by atoms with Gasteiger partial charge in [-0.3, -0.25) is 14.4 Å². The Morgan fingerprint density at radius 2 is 1.72 bits per heavy atom. The fourth-order valence-corrected chi connectivity index (χ4v) is 8.86. The number of amides is 2. The summed E-state index contributed by atoms with van der Waals surface area (Å²) in [5.41, 5.74) is 3.70. The molecule has 8 rings (SSSR count). The van der Waals surface area contributed by atoms with Crippen molar-refractivity contribution in [2.45, 2.75) is 31.6 Å². The van der Waals surface area contributed by atoms with E-state index in [9.17, 15) is 19.6 Å². The van der Waals surface area contributed by atoms with E-state index in [1.165, 1.54) is 16.2 Å². The number of rotatable bonds is 3. The Labute approximate surface area is 251 Å². The molecule has 3 heterocycles. The molecule has 2 aliphatic carbocycles. The third-order valence-electron chi connectivity index (χ3n) is 9.45. The first-order valence-corrected chi connectivity index (χ1v) is 15.3. The van der Waals surface area contributed by atoms with Gasteiger partial charge in [-0.15, -0.1) is 11.3 Å². The van der Waals surface area contributed by atoms with Crippen LogP contribution in [0.4, 0.5) is 5.00 Å². The summed E-state index contributed by atoms with van der Waals surface area (Å²) in [4.78, 5) is 45.1. The molecule has 43 heavy (non-hydrogen) atoms. The van der Waals surface area contributed by atoms with Gasteiger partial charge in [0.2, 0.25) is 11.8 Å². The topological polar surface area (TPSA) is 96.7 Å². The van der Waals surface area contributed by atoms with Crippen LogP contribution in [0.5, 0.6) is 11.5 Å². The maximum atomic E-state index is 14.5. The molecule has 2 amide bonds. The molecule has 0 unspecified atom stereocenters. The van der Waals surface area contributed by atoms with Gasteiger partial charge in [-0.05, 0) is 71.4 Å². The van der Waals surface area contributed by atoms with E-state index in [1.54, 1.807) is 13.2 Å². The van der Waals surface area contributed by atoms with Gasteiger partial charge in [0.25, 0.3) is 0 Å². The van der Waals surface area contributed by atoms with Gasteiger partial charge >= 0.3 is 5.97 Å². The smallest absolute Gasteiger partial charge is 0.319 e. The molecule has 4 aromatic rings. The Kier molecular flexibility index (Phi) is 5.82. The number of thiophene rings is 1. The second-order valence-electron chi connectivity index (χ2n) is 11.5. The number of allylic oxidation sites excluding steroid dienone is 1. The zero-order chi connectivity index (χ0) is 29.4. The molecule has 4 aliphatic rings. The number of hydrogen-bond acceptors (Lipinski definition) is 7. The number of hydrogen-bond donors (Lipinski definition) is 0. The minimum Gasteiger partial charge on any atom is -0.497 e. The highest BCUT2D eigenvalue weighted by Crippen LogP contribution is 2.57. The molecule has 8 heteroatoms. The minimum absolute atomic E-state index is 0.377. The van der Waals surface area contributed by atoms with Crippen LogP contribution in [0.25, 0.3) is 16.3 Å². The monoisotopic (exact) mass is 586 g/mol. The van der Waals surface area contributed by atoms with Gasteiger partial charge in [-0.25, -0.2) is 4.90 Å². The van der Waals surface area contributed by atoms with Crippen molar-refractivity contribution < 1.29 is 23.9 Å². The predicted octanol–water partition coefficient (Wildman–Crippen LogP) is 6.18. The normalized spacial score (nSPS) is 24.0. The van der Waals surface area contributed by atoms with Crippen molar-refractivity contribution >= 4 is 50.5 Å². The van der Waals surface area contributed by atoms with Crippen LogP contribution in [0.3, 0.4) is 0 Å². The first kappa shape index (κ1) is 25.9. The third-order valence-corrected chi connectivity index (χ3v) is 10.7. The molecular weight excluding hydrogens is 560 g/mol. The van der Waals surface area contributed by atoms with Crippen LogP contribution in [-0.2, 0) is 27.2 Å². The van der Waals surface area contributed by atoms with Gasteiger partial charge < -0.3 is 9.47 Å². The standard InChI is InChI=1S/C35H26N2O5S/c1-41-20-13-10-19(11-14-20)23-16-24-28-21-7-3-2-6-18(21)12-15-26(28)42-35(40)30(24)31-29(23)32(38)37(33(31)39)34-25(17-36)22-8-4-5-9-27(22)43-34/h2-3,6-7,10-16,23,29-31H,4-5,8-9H2,1H3/t23-,29+,30-,31+/m0/s1. The first-order chi connectivity index (χ1) is 21.0. The van der Waals surface area contributed by atoms with Crippen LogP contribution in [0.2, 0.25) is 0 Å². The van der Waals surface area contributed by atoms with Crippen LogP contribution in [0.1, 0.15) is 45.9 Å². The van der Waals surface area contributed by atoms with Gasteiger partial charge in [-0.1, -0.05) is 48.5 Å². The SMILES string of the molecule is COc1ccc([C@@H]2C=C3c4c(ccc5ccccc45)OC(=O)[C@@H]3[C@@H]3C(=O)N(c4sc5c(c4C#N)CCCC5)C(=O)[C@@H]32)cc1. The van der Waals surface area contributed by atoms with E-state index >= 15 is 0 Å². The molecule has 7 nitrogen and oxygen atoms in total. The van der Waals surface area contributed by atoms with Crippen molar-refractivity contribution in [1.29, 1.82) is 5.26 Å². The van der Waals surface area contributed by atoms with Gasteiger partial charge in [0.05, 0.1) is 30.4 Å². The first-order valence-electron chi connectivity index (χ1n) is 14.5. The van der Waals surface area contributed by atoms with Crippen molar-refractivity contribution in [1.82, 2.24) is 0 Å². The minimum atomic E-state index is -0.968. The molecule has 0 N–H and O–H groups in total. The van der Waals surface area contributed by atoms with E-state index < -0.39 is 35.5 Å². The number of benzene rings is 3. The molecule has 0 bridgehead atoms. The molecule has 0 saturated carbocycles. The Balaban J connectivity index is 1.34. The molecule has 212 valence electrons. The number of anilines is 1. The van der Waals surface area contributed by atoms with E-state index in [0.717, 1.165) is 58.0 Å². The predicted molar refractivity (Wildman–Crippen MR) is 162 cm³/mol. The van der Waals surface area contributed by atoms with E-state index in [4.69, 9.17) is 9.47 Å². The average Bonchev–Trinajstić information content (AvgIpc) is 3.53. The molecular formula is C35H26N2O5S. The number of fused-ring (bicyclic) bond motifs is 8. The van der Waals surface area contributed by atoms with Crippen molar-refractivity contribution in [2.24, 2.45) is 17.8 Å². The highest BCUT2D eigenvalue weighted by molar-refractivity contribution is 7.17. The number of nitriles is 1. The molecule has 3 aromatic carbocycles. The number of esters is 1. The molecule has 1 saturated heterocycles. The second-order valence-corrected chi connectivity index (χ2v) is 12.6. The third kappa shape index (κ3) is 3.68. The van der Waals surface area contributed by atoms with E-state index in [2.05, 4.69) is 6.07 Å². The fourth-order valence-electron chi connectivity index (χ4n) is 7.51. The Hall–Kier alpha value is -4.74. The lowest BCUT2D eigenvalue weighted by molar-refractivity contribution is -0.142. The van der Waals surface area contributed by atoms with Gasteiger partial charge in [-0.2, -0.15) is 5.26 Å². The molecule has 0 spiro atoms. The summed E-state index contributed by atoms with van der Waals surface area (Å²) in [7, 11) is 1.60. The van der Waals surface area contributed by atoms with Crippen molar-refractivity contribution in [3.8, 4) is 17.6 Å². The number of nitrogens with zero attached hydrogens (tertiary/aromatic N) is 2. The quantitative estimate of drug-likeness (QED) is 0.162. The molecule has 4 atom stereocenters. The molecule has 1 fully saturated rings. The largest absolute Gasteiger partial charge is 0.497 e.